The standard InChI is InChI=1S/C12H16FN3O4S.ClH/c1-8-11(13)4-10(5-12(8)16(17)18)21(19,20)15-3-2-9(6-14)7-15;/h4-5,9H,2-3,6-7,14H2,1H3;1H. The summed E-state index contributed by atoms with van der Waals surface area (Å²) < 4.78 is 39.8. The third-order valence-corrected chi connectivity index (χ3v) is 5.55. The van der Waals surface area contributed by atoms with Gasteiger partial charge in [0, 0.05) is 19.2 Å². The summed E-state index contributed by atoms with van der Waals surface area (Å²) in [7, 11) is -3.94. The molecular formula is C12H17ClFN3O4S. The van der Waals surface area contributed by atoms with Gasteiger partial charge >= 0.3 is 0 Å². The Morgan fingerprint density at radius 1 is 1.50 bits per heavy atom. The highest BCUT2D eigenvalue weighted by Crippen LogP contribution is 2.29. The zero-order chi connectivity index (χ0) is 15.8. The number of sulfonamides is 1. The first-order chi connectivity index (χ1) is 9.77. The van der Waals surface area contributed by atoms with Gasteiger partial charge in [0.25, 0.3) is 5.69 Å². The van der Waals surface area contributed by atoms with Crippen LogP contribution < -0.4 is 5.73 Å². The molecule has 0 aliphatic carbocycles. The molecule has 1 aromatic rings. The third kappa shape index (κ3) is 3.37. The summed E-state index contributed by atoms with van der Waals surface area (Å²) in [5.74, 6) is -0.845. The lowest BCUT2D eigenvalue weighted by Gasteiger charge is -2.16. The average Bonchev–Trinajstić information content (AvgIpc) is 2.90. The second-order valence-corrected chi connectivity index (χ2v) is 7.00. The van der Waals surface area contributed by atoms with Crippen LogP contribution in [0.2, 0.25) is 0 Å². The normalized spacial score (nSPS) is 19.0. The third-order valence-electron chi connectivity index (χ3n) is 3.71. The smallest absolute Gasteiger partial charge is 0.276 e. The summed E-state index contributed by atoms with van der Waals surface area (Å²) in [5, 5.41) is 10.9. The van der Waals surface area contributed by atoms with Crippen molar-refractivity contribution < 1.29 is 17.7 Å². The van der Waals surface area contributed by atoms with E-state index in [2.05, 4.69) is 0 Å². The summed E-state index contributed by atoms with van der Waals surface area (Å²) in [6.45, 7) is 2.15. The van der Waals surface area contributed by atoms with E-state index in [4.69, 9.17) is 5.73 Å². The predicted octanol–water partition coefficient (Wildman–Crippen LogP) is 1.43. The van der Waals surface area contributed by atoms with Crippen LogP contribution in [0.5, 0.6) is 0 Å². The van der Waals surface area contributed by atoms with Crippen molar-refractivity contribution in [1.29, 1.82) is 0 Å². The van der Waals surface area contributed by atoms with E-state index in [-0.39, 0.29) is 37.0 Å². The molecule has 1 atom stereocenters. The van der Waals surface area contributed by atoms with E-state index in [1.165, 1.54) is 11.2 Å². The number of halogens is 2. The Labute approximate surface area is 133 Å². The van der Waals surface area contributed by atoms with Gasteiger partial charge in [-0.05, 0) is 31.9 Å². The van der Waals surface area contributed by atoms with Gasteiger partial charge in [-0.15, -0.1) is 12.4 Å². The fourth-order valence-electron chi connectivity index (χ4n) is 2.34. The second-order valence-electron chi connectivity index (χ2n) is 5.06. The fraction of sp³-hybridized carbons (Fsp3) is 0.500. The maximum Gasteiger partial charge on any atom is 0.276 e. The first-order valence-corrected chi connectivity index (χ1v) is 7.86. The van der Waals surface area contributed by atoms with E-state index in [9.17, 15) is 22.9 Å². The molecule has 2 N–H and O–H groups in total. The van der Waals surface area contributed by atoms with Crippen LogP contribution in [0, 0.1) is 28.8 Å². The van der Waals surface area contributed by atoms with E-state index >= 15 is 0 Å². The van der Waals surface area contributed by atoms with Gasteiger partial charge in [-0.1, -0.05) is 0 Å². The molecule has 1 aromatic carbocycles. The molecule has 0 radical (unpaired) electrons. The minimum atomic E-state index is -3.94. The molecule has 0 aromatic heterocycles. The molecule has 124 valence electrons. The average molecular weight is 354 g/mol. The van der Waals surface area contributed by atoms with Crippen molar-refractivity contribution >= 4 is 28.1 Å². The Balaban J connectivity index is 0.00000242. The van der Waals surface area contributed by atoms with Crippen LogP contribution in [-0.2, 0) is 10.0 Å². The Bertz CT molecular complexity index is 683. The van der Waals surface area contributed by atoms with E-state index in [1.807, 2.05) is 0 Å². The van der Waals surface area contributed by atoms with E-state index < -0.39 is 31.3 Å². The summed E-state index contributed by atoms with van der Waals surface area (Å²) in [6, 6.07) is 1.73. The molecule has 7 nitrogen and oxygen atoms in total. The van der Waals surface area contributed by atoms with Crippen molar-refractivity contribution in [1.82, 2.24) is 4.31 Å². The van der Waals surface area contributed by atoms with Crippen LogP contribution in [-0.4, -0.2) is 37.3 Å². The van der Waals surface area contributed by atoms with Crippen molar-refractivity contribution in [2.45, 2.75) is 18.2 Å². The highest BCUT2D eigenvalue weighted by Gasteiger charge is 2.33. The molecule has 22 heavy (non-hydrogen) atoms. The molecule has 0 bridgehead atoms. The Morgan fingerprint density at radius 3 is 2.64 bits per heavy atom. The zero-order valence-electron chi connectivity index (χ0n) is 11.9. The van der Waals surface area contributed by atoms with Crippen molar-refractivity contribution in [3.63, 3.8) is 0 Å². The van der Waals surface area contributed by atoms with Crippen LogP contribution in [0.3, 0.4) is 0 Å². The SMILES string of the molecule is Cc1c(F)cc(S(=O)(=O)N2CCC(CN)C2)cc1[N+](=O)[O-].Cl. The first-order valence-electron chi connectivity index (χ1n) is 6.42. The molecule has 1 saturated heterocycles. The number of nitrogens with zero attached hydrogens (tertiary/aromatic N) is 2. The predicted molar refractivity (Wildman–Crippen MR) is 81.0 cm³/mol. The molecule has 1 fully saturated rings. The fourth-order valence-corrected chi connectivity index (χ4v) is 3.90. The number of benzene rings is 1. The molecule has 0 saturated carbocycles. The van der Waals surface area contributed by atoms with Crippen molar-refractivity contribution in [2.75, 3.05) is 19.6 Å². The quantitative estimate of drug-likeness (QED) is 0.651. The Kier molecular flexibility index (Phi) is 5.85. The van der Waals surface area contributed by atoms with Crippen LogP contribution in [0.1, 0.15) is 12.0 Å². The lowest BCUT2D eigenvalue weighted by molar-refractivity contribution is -0.385. The van der Waals surface area contributed by atoms with Crippen molar-refractivity contribution in [2.24, 2.45) is 11.7 Å². The largest absolute Gasteiger partial charge is 0.330 e. The maximum absolute atomic E-state index is 13.8. The van der Waals surface area contributed by atoms with Gasteiger partial charge < -0.3 is 5.73 Å². The highest BCUT2D eigenvalue weighted by atomic mass is 35.5. The lowest BCUT2D eigenvalue weighted by Crippen LogP contribution is -2.30. The van der Waals surface area contributed by atoms with Gasteiger partial charge in [-0.2, -0.15) is 4.31 Å². The van der Waals surface area contributed by atoms with Gasteiger partial charge in [-0.25, -0.2) is 12.8 Å². The number of nitrogens with two attached hydrogens (primary N) is 1. The lowest BCUT2D eigenvalue weighted by atomic mass is 10.1. The van der Waals surface area contributed by atoms with Gasteiger partial charge in [0.2, 0.25) is 10.0 Å². The summed E-state index contributed by atoms with van der Waals surface area (Å²) in [5.41, 5.74) is 4.80. The summed E-state index contributed by atoms with van der Waals surface area (Å²) in [6.07, 6.45) is 0.631. The summed E-state index contributed by atoms with van der Waals surface area (Å²) in [4.78, 5) is 9.71. The number of rotatable bonds is 4. The van der Waals surface area contributed by atoms with Gasteiger partial charge in [0.15, 0.2) is 0 Å². The van der Waals surface area contributed by atoms with Crippen LogP contribution in [0.4, 0.5) is 10.1 Å². The van der Waals surface area contributed by atoms with Crippen molar-refractivity contribution in [3.05, 3.63) is 33.6 Å². The van der Waals surface area contributed by atoms with Gasteiger partial charge in [0.1, 0.15) is 5.82 Å². The van der Waals surface area contributed by atoms with Crippen LogP contribution in [0.15, 0.2) is 17.0 Å². The molecule has 0 amide bonds. The molecule has 2 rings (SSSR count). The first kappa shape index (κ1) is 18.8. The van der Waals surface area contributed by atoms with Crippen LogP contribution >= 0.6 is 12.4 Å². The summed E-state index contributed by atoms with van der Waals surface area (Å²) >= 11 is 0. The number of nitro groups is 1. The van der Waals surface area contributed by atoms with Crippen LogP contribution in [0.25, 0.3) is 0 Å². The number of hydrogen-bond donors (Lipinski definition) is 1. The number of nitro benzene ring substituents is 1. The monoisotopic (exact) mass is 353 g/mol. The number of hydrogen-bond acceptors (Lipinski definition) is 5. The topological polar surface area (TPSA) is 107 Å². The Hall–Kier alpha value is -1.29. The second kappa shape index (κ2) is 6.86. The molecular weight excluding hydrogens is 337 g/mol. The maximum atomic E-state index is 13.8. The molecule has 1 aliphatic rings. The minimum Gasteiger partial charge on any atom is -0.330 e. The molecule has 1 unspecified atom stereocenters. The van der Waals surface area contributed by atoms with E-state index in [1.54, 1.807) is 0 Å². The van der Waals surface area contributed by atoms with E-state index in [0.29, 0.717) is 13.0 Å². The minimum absolute atomic E-state index is 0. The molecule has 1 aliphatic heterocycles. The Morgan fingerprint density at radius 2 is 2.14 bits per heavy atom. The van der Waals surface area contributed by atoms with Crippen molar-refractivity contribution in [3.8, 4) is 0 Å². The van der Waals surface area contributed by atoms with Gasteiger partial charge in [-0.3, -0.25) is 10.1 Å². The van der Waals surface area contributed by atoms with Gasteiger partial charge in [0.05, 0.1) is 15.4 Å². The molecule has 1 heterocycles. The molecule has 0 spiro atoms. The molecule has 10 heteroatoms. The van der Waals surface area contributed by atoms with E-state index in [0.717, 1.165) is 12.1 Å². The highest BCUT2D eigenvalue weighted by molar-refractivity contribution is 7.89. The zero-order valence-corrected chi connectivity index (χ0v) is 13.5.